The summed E-state index contributed by atoms with van der Waals surface area (Å²) in [5.74, 6) is -1.90. The van der Waals surface area contributed by atoms with Crippen molar-refractivity contribution >= 4 is 15.8 Å². The van der Waals surface area contributed by atoms with Crippen molar-refractivity contribution in [1.29, 1.82) is 0 Å². The highest BCUT2D eigenvalue weighted by molar-refractivity contribution is 7.86. The zero-order valence-corrected chi connectivity index (χ0v) is 9.37. The first-order chi connectivity index (χ1) is 8.34. The highest BCUT2D eigenvalue weighted by atomic mass is 32.2. The average molecular weight is 309 g/mol. The Morgan fingerprint density at radius 2 is 1.42 bits per heavy atom. The Morgan fingerprint density at radius 1 is 1.11 bits per heavy atom. The second-order valence-electron chi connectivity index (χ2n) is 2.81. The van der Waals surface area contributed by atoms with E-state index in [0.717, 1.165) is 0 Å². The zero-order chi connectivity index (χ0) is 15.4. The largest absolute Gasteiger partial charge is 0.522 e. The van der Waals surface area contributed by atoms with Crippen LogP contribution in [-0.4, -0.2) is 23.4 Å². The molecule has 6 nitrogen and oxygen atoms in total. The highest BCUT2D eigenvalue weighted by Crippen LogP contribution is 2.20. The molecule has 0 heterocycles. The van der Waals surface area contributed by atoms with Crippen molar-refractivity contribution in [2.45, 2.75) is 5.51 Å². The van der Waals surface area contributed by atoms with Crippen molar-refractivity contribution in [3.63, 3.8) is 0 Å². The summed E-state index contributed by atoms with van der Waals surface area (Å²) < 4.78 is 82.0. The third-order valence-corrected chi connectivity index (χ3v) is 1.94. The van der Waals surface area contributed by atoms with Crippen molar-refractivity contribution in [2.24, 2.45) is 0 Å². The Balaban J connectivity index is 0.000000362. The standard InChI is InChI=1S/C6H3F2NO2.CHF3O3S/c7-4-1-5(8)3-6(2-4)9(10)11;2-1(3,4)8(5,6)7/h1-3H;(H,5,6,7). The van der Waals surface area contributed by atoms with Gasteiger partial charge in [-0.25, -0.2) is 8.78 Å². The predicted molar refractivity (Wildman–Crippen MR) is 50.6 cm³/mol. The molecule has 0 radical (unpaired) electrons. The van der Waals surface area contributed by atoms with Crippen molar-refractivity contribution in [3.05, 3.63) is 39.9 Å². The van der Waals surface area contributed by atoms with Gasteiger partial charge in [-0.1, -0.05) is 0 Å². The maximum Gasteiger partial charge on any atom is 0.522 e. The number of nitro groups is 1. The fourth-order valence-electron chi connectivity index (χ4n) is 0.645. The second-order valence-corrected chi connectivity index (χ2v) is 4.22. The zero-order valence-electron chi connectivity index (χ0n) is 8.56. The highest BCUT2D eigenvalue weighted by Gasteiger charge is 2.44. The molecule has 12 heteroatoms. The molecule has 0 amide bonds. The van der Waals surface area contributed by atoms with Crippen LogP contribution in [0.25, 0.3) is 0 Å². The number of nitrogens with zero attached hydrogens (tertiary/aromatic N) is 1. The first kappa shape index (κ1) is 17.2. The predicted octanol–water partition coefficient (Wildman–Crippen LogP) is 2.27. The van der Waals surface area contributed by atoms with E-state index in [1.165, 1.54) is 0 Å². The van der Waals surface area contributed by atoms with Gasteiger partial charge in [0.05, 0.1) is 17.1 Å². The molecule has 108 valence electrons. The molecule has 0 unspecified atom stereocenters. The van der Waals surface area contributed by atoms with Gasteiger partial charge in [0.2, 0.25) is 0 Å². The third kappa shape index (κ3) is 6.05. The molecule has 0 aliphatic rings. The van der Waals surface area contributed by atoms with E-state index >= 15 is 0 Å². The number of nitro benzene ring substituents is 1. The van der Waals surface area contributed by atoms with Crippen LogP contribution in [0.1, 0.15) is 0 Å². The molecule has 0 aromatic heterocycles. The van der Waals surface area contributed by atoms with E-state index < -0.39 is 37.9 Å². The van der Waals surface area contributed by atoms with E-state index in [1.807, 2.05) is 0 Å². The molecule has 0 fully saturated rings. The molecule has 1 aromatic carbocycles. The SMILES string of the molecule is O=S(=O)(O)C(F)(F)F.O=[N+]([O-])c1cc(F)cc(F)c1. The molecule has 0 saturated heterocycles. The van der Waals surface area contributed by atoms with E-state index in [0.29, 0.717) is 18.2 Å². The fourth-order valence-corrected chi connectivity index (χ4v) is 0.645. The lowest BCUT2D eigenvalue weighted by Crippen LogP contribution is -2.21. The summed E-state index contributed by atoms with van der Waals surface area (Å²) in [7, 11) is -5.84. The van der Waals surface area contributed by atoms with Crippen LogP contribution >= 0.6 is 0 Å². The molecule has 0 bridgehead atoms. The Kier molecular flexibility index (Phi) is 5.32. The summed E-state index contributed by atoms with van der Waals surface area (Å²) in [5, 5.41) is 9.98. The Bertz CT molecular complexity index is 549. The smallest absolute Gasteiger partial charge is 0.279 e. The van der Waals surface area contributed by atoms with Gasteiger partial charge in [-0.2, -0.15) is 21.6 Å². The quantitative estimate of drug-likeness (QED) is 0.282. The van der Waals surface area contributed by atoms with Crippen LogP contribution < -0.4 is 0 Å². The van der Waals surface area contributed by atoms with Gasteiger partial charge in [0.25, 0.3) is 5.69 Å². The lowest BCUT2D eigenvalue weighted by molar-refractivity contribution is -0.385. The van der Waals surface area contributed by atoms with Crippen molar-refractivity contribution in [2.75, 3.05) is 0 Å². The molecule has 0 atom stereocenters. The van der Waals surface area contributed by atoms with Gasteiger partial charge in [-0.3, -0.25) is 14.7 Å². The van der Waals surface area contributed by atoms with E-state index in [4.69, 9.17) is 13.0 Å². The molecule has 1 aromatic rings. The van der Waals surface area contributed by atoms with Gasteiger partial charge in [-0.05, 0) is 0 Å². The average Bonchev–Trinajstić information content (AvgIpc) is 2.13. The van der Waals surface area contributed by atoms with E-state index in [2.05, 4.69) is 0 Å². The van der Waals surface area contributed by atoms with E-state index in [9.17, 15) is 32.1 Å². The molecule has 0 aliphatic carbocycles. The minimum absolute atomic E-state index is 0.576. The van der Waals surface area contributed by atoms with Gasteiger partial charge in [0.15, 0.2) is 0 Å². The lowest BCUT2D eigenvalue weighted by atomic mass is 10.3. The Hall–Kier alpha value is -1.82. The van der Waals surface area contributed by atoms with Crippen molar-refractivity contribution < 1.29 is 39.8 Å². The second kappa shape index (κ2) is 5.88. The first-order valence-corrected chi connectivity index (χ1v) is 5.43. The van der Waals surface area contributed by atoms with Gasteiger partial charge in [0.1, 0.15) is 11.6 Å². The van der Waals surface area contributed by atoms with Crippen molar-refractivity contribution in [1.82, 2.24) is 0 Å². The Labute approximate surface area is 102 Å². The lowest BCUT2D eigenvalue weighted by Gasteiger charge is -1.97. The normalized spacial score (nSPS) is 11.5. The van der Waals surface area contributed by atoms with Crippen LogP contribution in [0.4, 0.5) is 27.6 Å². The minimum Gasteiger partial charge on any atom is -0.279 e. The molecule has 0 saturated carbocycles. The molecule has 1 rings (SSSR count). The van der Waals surface area contributed by atoms with Gasteiger partial charge in [0, 0.05) is 6.07 Å². The summed E-state index contributed by atoms with van der Waals surface area (Å²) in [4.78, 5) is 9.12. The fraction of sp³-hybridized carbons (Fsp3) is 0.143. The number of hydrogen-bond donors (Lipinski definition) is 1. The molecule has 19 heavy (non-hydrogen) atoms. The van der Waals surface area contributed by atoms with E-state index in [-0.39, 0.29) is 0 Å². The summed E-state index contributed by atoms with van der Waals surface area (Å²) in [5.41, 5.74) is -6.12. The number of benzene rings is 1. The number of rotatable bonds is 1. The maximum atomic E-state index is 12.2. The molecule has 0 aliphatic heterocycles. The van der Waals surface area contributed by atoms with Crippen molar-refractivity contribution in [3.8, 4) is 0 Å². The number of alkyl halides is 3. The van der Waals surface area contributed by atoms with Crippen LogP contribution in [0.2, 0.25) is 0 Å². The molecule has 1 N–H and O–H groups in total. The van der Waals surface area contributed by atoms with Gasteiger partial charge < -0.3 is 0 Å². The van der Waals surface area contributed by atoms with Crippen LogP contribution in [0.15, 0.2) is 18.2 Å². The summed E-state index contributed by atoms with van der Waals surface area (Å²) in [6.45, 7) is 0. The Morgan fingerprint density at radius 3 is 1.63 bits per heavy atom. The number of hydrogen-bond acceptors (Lipinski definition) is 4. The monoisotopic (exact) mass is 309 g/mol. The molecular formula is C7H4F5NO5S. The van der Waals surface area contributed by atoms with E-state index in [1.54, 1.807) is 0 Å². The summed E-state index contributed by atoms with van der Waals surface area (Å²) >= 11 is 0. The van der Waals surface area contributed by atoms with Crippen LogP contribution in [-0.2, 0) is 10.1 Å². The first-order valence-electron chi connectivity index (χ1n) is 3.99. The summed E-state index contributed by atoms with van der Waals surface area (Å²) in [6.07, 6.45) is 0. The third-order valence-electron chi connectivity index (χ3n) is 1.35. The van der Waals surface area contributed by atoms with Gasteiger partial charge >= 0.3 is 15.6 Å². The van der Waals surface area contributed by atoms with Gasteiger partial charge in [-0.15, -0.1) is 0 Å². The number of halogens is 5. The number of non-ortho nitro benzene ring substituents is 1. The topological polar surface area (TPSA) is 97.5 Å². The van der Waals surface area contributed by atoms with Crippen LogP contribution in [0.3, 0.4) is 0 Å². The maximum absolute atomic E-state index is 12.2. The minimum atomic E-state index is -5.84. The molecule has 0 spiro atoms. The summed E-state index contributed by atoms with van der Waals surface area (Å²) in [6, 6.07) is 1.89. The molecular weight excluding hydrogens is 305 g/mol. The van der Waals surface area contributed by atoms with Crippen LogP contribution in [0, 0.1) is 21.7 Å². The van der Waals surface area contributed by atoms with Crippen LogP contribution in [0.5, 0.6) is 0 Å².